The molecular formula is C17H19NO. The fourth-order valence-corrected chi connectivity index (χ4v) is 2.64. The second-order valence-electron chi connectivity index (χ2n) is 5.50. The van der Waals surface area contributed by atoms with Crippen molar-refractivity contribution in [2.75, 3.05) is 0 Å². The predicted octanol–water partition coefficient (Wildman–Crippen LogP) is 3.74. The highest BCUT2D eigenvalue weighted by atomic mass is 16.3. The lowest BCUT2D eigenvalue weighted by atomic mass is 9.79. The van der Waals surface area contributed by atoms with Crippen LogP contribution >= 0.6 is 0 Å². The number of pyridine rings is 1. The Kier molecular flexibility index (Phi) is 3.34. The summed E-state index contributed by atoms with van der Waals surface area (Å²) in [5.41, 5.74) is 4.28. The largest absolute Gasteiger partial charge is 0.384 e. The van der Waals surface area contributed by atoms with E-state index in [-0.39, 0.29) is 0 Å². The molecule has 1 unspecified atom stereocenters. The lowest BCUT2D eigenvalue weighted by molar-refractivity contribution is 0.219. The number of aromatic nitrogens is 1. The summed E-state index contributed by atoms with van der Waals surface area (Å²) in [4.78, 5) is 4.16. The van der Waals surface area contributed by atoms with Crippen molar-refractivity contribution >= 4 is 0 Å². The van der Waals surface area contributed by atoms with Crippen molar-refractivity contribution in [3.05, 3.63) is 65.0 Å². The number of aryl methyl sites for hydroxylation is 1. The molecule has 1 aromatic carbocycles. The molecule has 1 N–H and O–H groups in total. The molecule has 0 radical (unpaired) electrons. The number of hydrogen-bond donors (Lipinski definition) is 1. The lowest BCUT2D eigenvalue weighted by Crippen LogP contribution is -2.09. The standard InChI is InChI=1S/C17H19NO/c1-12-8-16(11-18-10-12)17(19)15-7-3-6-14(9-15)13-4-2-5-13/h3,6-11,13,17,19H,2,4-5H2,1H3. The summed E-state index contributed by atoms with van der Waals surface area (Å²) in [5, 5.41) is 10.5. The lowest BCUT2D eigenvalue weighted by Gasteiger charge is -2.26. The number of hydrogen-bond acceptors (Lipinski definition) is 2. The smallest absolute Gasteiger partial charge is 0.106 e. The fourth-order valence-electron chi connectivity index (χ4n) is 2.64. The second-order valence-corrected chi connectivity index (χ2v) is 5.50. The average Bonchev–Trinajstić information content (AvgIpc) is 2.36. The zero-order chi connectivity index (χ0) is 13.2. The third-order valence-corrected chi connectivity index (χ3v) is 4.01. The maximum Gasteiger partial charge on any atom is 0.106 e. The predicted molar refractivity (Wildman–Crippen MR) is 76.1 cm³/mol. The van der Waals surface area contributed by atoms with Gasteiger partial charge < -0.3 is 5.11 Å². The average molecular weight is 253 g/mol. The first-order chi connectivity index (χ1) is 9.24. The van der Waals surface area contributed by atoms with E-state index in [4.69, 9.17) is 0 Å². The van der Waals surface area contributed by atoms with Crippen LogP contribution in [0.3, 0.4) is 0 Å². The molecule has 1 fully saturated rings. The molecule has 1 heterocycles. The van der Waals surface area contributed by atoms with E-state index < -0.39 is 6.10 Å². The van der Waals surface area contributed by atoms with Crippen LogP contribution in [0.15, 0.2) is 42.7 Å². The summed E-state index contributed by atoms with van der Waals surface area (Å²) in [7, 11) is 0. The summed E-state index contributed by atoms with van der Waals surface area (Å²) < 4.78 is 0. The summed E-state index contributed by atoms with van der Waals surface area (Å²) in [6.07, 6.45) is 6.87. The Labute approximate surface area is 114 Å². The molecule has 1 aromatic heterocycles. The van der Waals surface area contributed by atoms with Gasteiger partial charge in [-0.15, -0.1) is 0 Å². The van der Waals surface area contributed by atoms with Gasteiger partial charge in [0.2, 0.25) is 0 Å². The van der Waals surface area contributed by atoms with Gasteiger partial charge in [0.25, 0.3) is 0 Å². The molecule has 0 aliphatic heterocycles. The summed E-state index contributed by atoms with van der Waals surface area (Å²) in [5.74, 6) is 0.697. The first kappa shape index (κ1) is 12.4. The van der Waals surface area contributed by atoms with Crippen LogP contribution in [-0.4, -0.2) is 10.1 Å². The fraction of sp³-hybridized carbons (Fsp3) is 0.353. The van der Waals surface area contributed by atoms with Gasteiger partial charge in [0, 0.05) is 18.0 Å². The van der Waals surface area contributed by atoms with Gasteiger partial charge in [0.15, 0.2) is 0 Å². The van der Waals surface area contributed by atoms with Crippen molar-refractivity contribution in [3.63, 3.8) is 0 Å². The number of aliphatic hydroxyl groups is 1. The molecule has 1 atom stereocenters. The molecule has 0 saturated heterocycles. The van der Waals surface area contributed by atoms with Crippen LogP contribution in [-0.2, 0) is 0 Å². The van der Waals surface area contributed by atoms with Crippen molar-refractivity contribution in [2.45, 2.75) is 38.2 Å². The normalized spacial score (nSPS) is 16.9. The van der Waals surface area contributed by atoms with Crippen molar-refractivity contribution in [1.82, 2.24) is 4.98 Å². The molecule has 1 aliphatic carbocycles. The van der Waals surface area contributed by atoms with Gasteiger partial charge in [-0.05, 0) is 42.4 Å². The van der Waals surface area contributed by atoms with Crippen molar-refractivity contribution in [2.24, 2.45) is 0 Å². The van der Waals surface area contributed by atoms with Crippen LogP contribution in [0.4, 0.5) is 0 Å². The van der Waals surface area contributed by atoms with E-state index in [2.05, 4.69) is 23.2 Å². The molecule has 2 heteroatoms. The van der Waals surface area contributed by atoms with E-state index in [0.29, 0.717) is 5.92 Å². The van der Waals surface area contributed by atoms with Crippen LogP contribution in [0, 0.1) is 6.92 Å². The molecule has 1 saturated carbocycles. The topological polar surface area (TPSA) is 33.1 Å². The quantitative estimate of drug-likeness (QED) is 0.904. The van der Waals surface area contributed by atoms with Crippen LogP contribution < -0.4 is 0 Å². The maximum absolute atomic E-state index is 10.5. The maximum atomic E-state index is 10.5. The van der Waals surface area contributed by atoms with Gasteiger partial charge in [0.05, 0.1) is 0 Å². The Balaban J connectivity index is 1.88. The minimum Gasteiger partial charge on any atom is -0.384 e. The van der Waals surface area contributed by atoms with Gasteiger partial charge in [-0.3, -0.25) is 4.98 Å². The SMILES string of the molecule is Cc1cncc(C(O)c2cccc(C3CCC3)c2)c1. The third kappa shape index (κ3) is 2.54. The minimum absolute atomic E-state index is 0.576. The molecule has 98 valence electrons. The number of nitrogens with zero attached hydrogens (tertiary/aromatic N) is 1. The Morgan fingerprint density at radius 2 is 2.00 bits per heavy atom. The van der Waals surface area contributed by atoms with E-state index in [0.717, 1.165) is 16.7 Å². The van der Waals surface area contributed by atoms with E-state index in [1.54, 1.807) is 12.4 Å². The minimum atomic E-state index is -0.576. The van der Waals surface area contributed by atoms with Crippen LogP contribution in [0.1, 0.15) is 53.5 Å². The Bertz CT molecular complexity index is 575. The first-order valence-corrected chi connectivity index (χ1v) is 6.93. The van der Waals surface area contributed by atoms with Gasteiger partial charge in [0.1, 0.15) is 6.10 Å². The van der Waals surface area contributed by atoms with E-state index in [9.17, 15) is 5.11 Å². The zero-order valence-corrected chi connectivity index (χ0v) is 11.2. The van der Waals surface area contributed by atoms with Crippen LogP contribution in [0.25, 0.3) is 0 Å². The highest BCUT2D eigenvalue weighted by Gasteiger charge is 2.20. The van der Waals surface area contributed by atoms with Crippen molar-refractivity contribution < 1.29 is 5.11 Å². The molecule has 19 heavy (non-hydrogen) atoms. The number of benzene rings is 1. The molecule has 3 rings (SSSR count). The highest BCUT2D eigenvalue weighted by Crippen LogP contribution is 2.37. The summed E-state index contributed by atoms with van der Waals surface area (Å²) >= 11 is 0. The third-order valence-electron chi connectivity index (χ3n) is 4.01. The molecule has 2 nitrogen and oxygen atoms in total. The molecule has 0 bridgehead atoms. The molecule has 1 aliphatic rings. The molecular weight excluding hydrogens is 234 g/mol. The summed E-state index contributed by atoms with van der Waals surface area (Å²) in [6, 6.07) is 10.4. The first-order valence-electron chi connectivity index (χ1n) is 6.93. The van der Waals surface area contributed by atoms with Crippen LogP contribution in [0.5, 0.6) is 0 Å². The monoisotopic (exact) mass is 253 g/mol. The summed E-state index contributed by atoms with van der Waals surface area (Å²) in [6.45, 7) is 1.99. The number of aliphatic hydroxyl groups excluding tert-OH is 1. The van der Waals surface area contributed by atoms with E-state index in [1.165, 1.54) is 24.8 Å². The molecule has 0 amide bonds. The Hall–Kier alpha value is -1.67. The Morgan fingerprint density at radius 1 is 1.16 bits per heavy atom. The number of rotatable bonds is 3. The second kappa shape index (κ2) is 5.14. The molecule has 0 spiro atoms. The van der Waals surface area contributed by atoms with Crippen LogP contribution in [0.2, 0.25) is 0 Å². The Morgan fingerprint density at radius 3 is 2.68 bits per heavy atom. The van der Waals surface area contributed by atoms with Gasteiger partial charge in [-0.1, -0.05) is 36.8 Å². The zero-order valence-electron chi connectivity index (χ0n) is 11.2. The molecule has 2 aromatic rings. The highest BCUT2D eigenvalue weighted by molar-refractivity contribution is 5.34. The van der Waals surface area contributed by atoms with Crippen molar-refractivity contribution in [1.29, 1.82) is 0 Å². The van der Waals surface area contributed by atoms with Crippen molar-refractivity contribution in [3.8, 4) is 0 Å². The van der Waals surface area contributed by atoms with E-state index in [1.807, 2.05) is 19.1 Å². The van der Waals surface area contributed by atoms with Gasteiger partial charge >= 0.3 is 0 Å². The van der Waals surface area contributed by atoms with Gasteiger partial charge in [-0.2, -0.15) is 0 Å². The van der Waals surface area contributed by atoms with Gasteiger partial charge in [-0.25, -0.2) is 0 Å². The van der Waals surface area contributed by atoms with E-state index >= 15 is 0 Å².